The standard InChI is InChI=1S/C27H30N2O7/c1-16(30)36-22-15-18(7-10-21(22)34-4)24-23(26(32)27(33)29(24)12-11-28(2)3)25(31)19-8-9-20-17(14-19)6-5-13-35-20/h7-10,14-15,24,31H,5-6,11-13H2,1-4H3/b25-23+. The van der Waals surface area contributed by atoms with Crippen LogP contribution in [0.4, 0.5) is 0 Å². The molecule has 0 radical (unpaired) electrons. The van der Waals surface area contributed by atoms with E-state index in [4.69, 9.17) is 14.2 Å². The number of esters is 1. The smallest absolute Gasteiger partial charge is 0.308 e. The predicted molar refractivity (Wildman–Crippen MR) is 132 cm³/mol. The second-order valence-electron chi connectivity index (χ2n) is 9.07. The zero-order valence-corrected chi connectivity index (χ0v) is 20.9. The summed E-state index contributed by atoms with van der Waals surface area (Å²) in [5.41, 5.74) is 1.86. The van der Waals surface area contributed by atoms with E-state index in [1.807, 2.05) is 19.0 Å². The monoisotopic (exact) mass is 494 g/mol. The van der Waals surface area contributed by atoms with Crippen LogP contribution in [0.15, 0.2) is 42.0 Å². The first kappa shape index (κ1) is 25.2. The molecule has 0 aromatic heterocycles. The van der Waals surface area contributed by atoms with Crippen LogP contribution < -0.4 is 14.2 Å². The van der Waals surface area contributed by atoms with E-state index in [-0.39, 0.29) is 23.6 Å². The van der Waals surface area contributed by atoms with Gasteiger partial charge in [0.15, 0.2) is 11.5 Å². The largest absolute Gasteiger partial charge is 0.507 e. The highest BCUT2D eigenvalue weighted by atomic mass is 16.6. The molecule has 2 aliphatic rings. The topological polar surface area (TPSA) is 106 Å². The Hall–Kier alpha value is -3.85. The average Bonchev–Trinajstić information content (AvgIpc) is 3.11. The fourth-order valence-electron chi connectivity index (χ4n) is 4.53. The van der Waals surface area contributed by atoms with E-state index in [0.29, 0.717) is 30.0 Å². The number of carbonyl (C=O) groups excluding carboxylic acids is 3. The van der Waals surface area contributed by atoms with Crippen LogP contribution in [0, 0.1) is 0 Å². The Bertz CT molecular complexity index is 1230. The first-order valence-corrected chi connectivity index (χ1v) is 11.8. The minimum Gasteiger partial charge on any atom is -0.507 e. The molecule has 0 saturated carbocycles. The van der Waals surface area contributed by atoms with E-state index < -0.39 is 23.7 Å². The maximum Gasteiger partial charge on any atom is 0.308 e. The van der Waals surface area contributed by atoms with Crippen LogP contribution in [-0.2, 0) is 20.8 Å². The van der Waals surface area contributed by atoms with Gasteiger partial charge in [0.2, 0.25) is 0 Å². The molecule has 36 heavy (non-hydrogen) atoms. The van der Waals surface area contributed by atoms with Crippen molar-refractivity contribution in [1.29, 1.82) is 0 Å². The molecule has 4 rings (SSSR count). The van der Waals surface area contributed by atoms with Crippen molar-refractivity contribution < 1.29 is 33.7 Å². The lowest BCUT2D eigenvalue weighted by atomic mass is 9.93. The van der Waals surface area contributed by atoms with Crippen molar-refractivity contribution in [3.8, 4) is 17.2 Å². The average molecular weight is 495 g/mol. The number of likely N-dealkylation sites (N-methyl/N-ethyl adjacent to an activating group) is 1. The van der Waals surface area contributed by atoms with Crippen LogP contribution in [0.5, 0.6) is 17.2 Å². The zero-order valence-electron chi connectivity index (χ0n) is 20.9. The van der Waals surface area contributed by atoms with Gasteiger partial charge in [0, 0.05) is 25.6 Å². The number of rotatable bonds is 7. The van der Waals surface area contributed by atoms with Crippen molar-refractivity contribution in [3.63, 3.8) is 0 Å². The van der Waals surface area contributed by atoms with Gasteiger partial charge in [-0.2, -0.15) is 0 Å². The third-order valence-corrected chi connectivity index (χ3v) is 6.27. The van der Waals surface area contributed by atoms with Crippen molar-refractivity contribution in [2.24, 2.45) is 0 Å². The fraction of sp³-hybridized carbons (Fsp3) is 0.370. The molecule has 1 amide bonds. The third kappa shape index (κ3) is 4.92. The highest BCUT2D eigenvalue weighted by Crippen LogP contribution is 2.42. The number of ether oxygens (including phenoxy) is 3. The normalized spacial score (nSPS) is 18.7. The molecule has 0 bridgehead atoms. The lowest BCUT2D eigenvalue weighted by molar-refractivity contribution is -0.140. The van der Waals surface area contributed by atoms with Gasteiger partial charge in [0.1, 0.15) is 11.5 Å². The highest BCUT2D eigenvalue weighted by Gasteiger charge is 2.46. The Balaban J connectivity index is 1.86. The molecule has 2 aromatic rings. The molecule has 2 aromatic carbocycles. The first-order chi connectivity index (χ1) is 17.2. The molecule has 9 heteroatoms. The lowest BCUT2D eigenvalue weighted by Gasteiger charge is -2.27. The van der Waals surface area contributed by atoms with Crippen molar-refractivity contribution in [2.75, 3.05) is 40.9 Å². The molecule has 0 aliphatic carbocycles. The van der Waals surface area contributed by atoms with Crippen LogP contribution in [0.25, 0.3) is 5.76 Å². The van der Waals surface area contributed by atoms with Crippen molar-refractivity contribution in [3.05, 3.63) is 58.7 Å². The molecule has 1 atom stereocenters. The van der Waals surface area contributed by atoms with Crippen LogP contribution in [-0.4, -0.2) is 73.5 Å². The number of nitrogens with zero attached hydrogens (tertiary/aromatic N) is 2. The third-order valence-electron chi connectivity index (χ3n) is 6.27. The Kier molecular flexibility index (Phi) is 7.30. The Morgan fingerprint density at radius 3 is 2.64 bits per heavy atom. The second-order valence-corrected chi connectivity index (χ2v) is 9.07. The van der Waals surface area contributed by atoms with Crippen molar-refractivity contribution >= 4 is 23.4 Å². The summed E-state index contributed by atoms with van der Waals surface area (Å²) in [5, 5.41) is 11.4. The summed E-state index contributed by atoms with van der Waals surface area (Å²) in [4.78, 5) is 41.4. The van der Waals surface area contributed by atoms with Gasteiger partial charge in [-0.15, -0.1) is 0 Å². The van der Waals surface area contributed by atoms with Crippen LogP contribution >= 0.6 is 0 Å². The summed E-state index contributed by atoms with van der Waals surface area (Å²) in [7, 11) is 5.19. The molecule has 2 heterocycles. The molecule has 1 N–H and O–H groups in total. The van der Waals surface area contributed by atoms with E-state index in [1.165, 1.54) is 18.9 Å². The fourth-order valence-corrected chi connectivity index (χ4v) is 4.53. The molecule has 1 unspecified atom stereocenters. The highest BCUT2D eigenvalue weighted by molar-refractivity contribution is 6.46. The number of carbonyl (C=O) groups is 3. The molecule has 0 spiro atoms. The van der Waals surface area contributed by atoms with E-state index in [2.05, 4.69) is 0 Å². The Morgan fingerprint density at radius 1 is 1.17 bits per heavy atom. The maximum absolute atomic E-state index is 13.3. The van der Waals surface area contributed by atoms with Gasteiger partial charge in [-0.25, -0.2) is 0 Å². The van der Waals surface area contributed by atoms with Gasteiger partial charge in [-0.05, 0) is 68.4 Å². The van der Waals surface area contributed by atoms with Gasteiger partial charge in [0.05, 0.1) is 25.3 Å². The van der Waals surface area contributed by atoms with E-state index in [0.717, 1.165) is 24.2 Å². The van der Waals surface area contributed by atoms with Gasteiger partial charge < -0.3 is 29.1 Å². The van der Waals surface area contributed by atoms with Gasteiger partial charge in [-0.1, -0.05) is 6.07 Å². The number of benzene rings is 2. The van der Waals surface area contributed by atoms with E-state index in [9.17, 15) is 19.5 Å². The summed E-state index contributed by atoms with van der Waals surface area (Å²) >= 11 is 0. The summed E-state index contributed by atoms with van der Waals surface area (Å²) in [6.07, 6.45) is 1.65. The molecular formula is C27H30N2O7. The number of methoxy groups -OCH3 is 1. The number of aryl methyl sites for hydroxylation is 1. The molecule has 9 nitrogen and oxygen atoms in total. The van der Waals surface area contributed by atoms with Gasteiger partial charge in [0.25, 0.3) is 11.7 Å². The number of aliphatic hydroxyl groups excluding tert-OH is 1. The maximum atomic E-state index is 13.3. The summed E-state index contributed by atoms with van der Waals surface area (Å²) < 4.78 is 16.3. The number of likely N-dealkylation sites (tertiary alicyclic amines) is 1. The number of aliphatic hydroxyl groups is 1. The molecular weight excluding hydrogens is 464 g/mol. The lowest BCUT2D eigenvalue weighted by Crippen LogP contribution is -2.35. The Labute approximate surface area is 209 Å². The zero-order chi connectivity index (χ0) is 26.0. The number of amides is 1. The van der Waals surface area contributed by atoms with Gasteiger partial charge >= 0.3 is 5.97 Å². The summed E-state index contributed by atoms with van der Waals surface area (Å²) in [6, 6.07) is 9.24. The van der Waals surface area contributed by atoms with Crippen molar-refractivity contribution in [1.82, 2.24) is 9.80 Å². The number of ketones is 1. The molecule has 190 valence electrons. The Morgan fingerprint density at radius 2 is 1.94 bits per heavy atom. The second kappa shape index (κ2) is 10.4. The summed E-state index contributed by atoms with van der Waals surface area (Å²) in [6.45, 7) is 2.67. The van der Waals surface area contributed by atoms with E-state index >= 15 is 0 Å². The molecule has 1 fully saturated rings. The van der Waals surface area contributed by atoms with Crippen LogP contribution in [0.2, 0.25) is 0 Å². The minimum atomic E-state index is -0.877. The number of hydrogen-bond acceptors (Lipinski definition) is 8. The minimum absolute atomic E-state index is 0.0191. The summed E-state index contributed by atoms with van der Waals surface area (Å²) in [5.74, 6) is -1.03. The van der Waals surface area contributed by atoms with Crippen molar-refractivity contribution in [2.45, 2.75) is 25.8 Å². The number of Topliss-reactive ketones (excluding diaryl/α,β-unsaturated/α-hetero) is 1. The number of fused-ring (bicyclic) bond motifs is 1. The first-order valence-electron chi connectivity index (χ1n) is 11.8. The molecule has 1 saturated heterocycles. The van der Waals surface area contributed by atoms with E-state index in [1.54, 1.807) is 36.4 Å². The van der Waals surface area contributed by atoms with Crippen LogP contribution in [0.3, 0.4) is 0 Å². The number of hydrogen-bond donors (Lipinski definition) is 1. The van der Waals surface area contributed by atoms with Crippen LogP contribution in [0.1, 0.15) is 36.1 Å². The predicted octanol–water partition coefficient (Wildman–Crippen LogP) is 2.93. The SMILES string of the molecule is COc1ccc(C2/C(=C(\O)c3ccc4c(c3)CCCO4)C(=O)C(=O)N2CCN(C)C)cc1OC(C)=O. The van der Waals surface area contributed by atoms with Gasteiger partial charge in [-0.3, -0.25) is 14.4 Å². The molecule has 2 aliphatic heterocycles. The quantitative estimate of drug-likeness (QED) is 0.206.